The van der Waals surface area contributed by atoms with Crippen molar-refractivity contribution in [2.45, 2.75) is 34.0 Å². The molecular formula is C14H22O3. The molecular weight excluding hydrogens is 216 g/mol. The van der Waals surface area contributed by atoms with Crippen molar-refractivity contribution < 1.29 is 14.3 Å². The zero-order valence-corrected chi connectivity index (χ0v) is 11.1. The summed E-state index contributed by atoms with van der Waals surface area (Å²) in [6.07, 6.45) is 7.69. The Labute approximate surface area is 104 Å². The zero-order valence-electron chi connectivity index (χ0n) is 11.1. The molecule has 17 heavy (non-hydrogen) atoms. The van der Waals surface area contributed by atoms with Gasteiger partial charge in [-0.3, -0.25) is 4.79 Å². The predicted molar refractivity (Wildman–Crippen MR) is 69.8 cm³/mol. The molecule has 0 aliphatic carbocycles. The SMILES string of the molecule is CCOC(OCC)/C(C)=C/C=C/C(C)=C/C=O. The highest BCUT2D eigenvalue weighted by atomic mass is 16.7. The van der Waals surface area contributed by atoms with E-state index in [2.05, 4.69) is 0 Å². The van der Waals surface area contributed by atoms with E-state index in [4.69, 9.17) is 9.47 Å². The van der Waals surface area contributed by atoms with Gasteiger partial charge in [0.2, 0.25) is 0 Å². The van der Waals surface area contributed by atoms with Crippen molar-refractivity contribution in [1.29, 1.82) is 0 Å². The maximum Gasteiger partial charge on any atom is 0.179 e. The van der Waals surface area contributed by atoms with Crippen LogP contribution in [-0.2, 0) is 14.3 Å². The van der Waals surface area contributed by atoms with Crippen LogP contribution in [0.5, 0.6) is 0 Å². The smallest absolute Gasteiger partial charge is 0.179 e. The predicted octanol–water partition coefficient (Wildman–Crippen LogP) is 3.03. The van der Waals surface area contributed by atoms with Gasteiger partial charge in [0.05, 0.1) is 0 Å². The molecule has 0 aliphatic rings. The molecule has 0 aromatic carbocycles. The molecule has 0 radical (unpaired) electrons. The molecule has 3 nitrogen and oxygen atoms in total. The average molecular weight is 238 g/mol. The van der Waals surface area contributed by atoms with E-state index < -0.39 is 0 Å². The van der Waals surface area contributed by atoms with Gasteiger partial charge in [-0.1, -0.05) is 18.2 Å². The molecule has 0 atom stereocenters. The molecule has 0 bridgehead atoms. The first-order valence-electron chi connectivity index (χ1n) is 5.85. The standard InChI is InChI=1S/C14H22O3/c1-5-16-14(17-6-2)13(4)9-7-8-12(3)10-11-15/h7-11,14H,5-6H2,1-4H3/b8-7+,12-10+,13-9+. The van der Waals surface area contributed by atoms with Gasteiger partial charge in [-0.15, -0.1) is 0 Å². The Balaban J connectivity index is 4.48. The third-order valence-corrected chi connectivity index (χ3v) is 2.06. The summed E-state index contributed by atoms with van der Waals surface area (Å²) in [7, 11) is 0. The van der Waals surface area contributed by atoms with Gasteiger partial charge >= 0.3 is 0 Å². The third kappa shape index (κ3) is 7.66. The van der Waals surface area contributed by atoms with E-state index >= 15 is 0 Å². The fourth-order valence-electron chi connectivity index (χ4n) is 1.21. The molecule has 0 fully saturated rings. The van der Waals surface area contributed by atoms with Gasteiger partial charge < -0.3 is 9.47 Å². The molecule has 0 aromatic heterocycles. The van der Waals surface area contributed by atoms with E-state index in [-0.39, 0.29) is 6.29 Å². The van der Waals surface area contributed by atoms with Crippen molar-refractivity contribution in [2.75, 3.05) is 13.2 Å². The van der Waals surface area contributed by atoms with E-state index in [1.807, 2.05) is 45.9 Å². The molecule has 0 heterocycles. The highest BCUT2D eigenvalue weighted by molar-refractivity contribution is 5.66. The number of rotatable bonds is 8. The topological polar surface area (TPSA) is 35.5 Å². The lowest BCUT2D eigenvalue weighted by Gasteiger charge is -2.17. The van der Waals surface area contributed by atoms with Crippen molar-refractivity contribution in [1.82, 2.24) is 0 Å². The van der Waals surface area contributed by atoms with E-state index in [1.165, 1.54) is 6.08 Å². The van der Waals surface area contributed by atoms with Gasteiger partial charge in [0.15, 0.2) is 6.29 Å². The average Bonchev–Trinajstić information content (AvgIpc) is 2.29. The molecule has 0 saturated heterocycles. The van der Waals surface area contributed by atoms with Crippen LogP contribution in [0.2, 0.25) is 0 Å². The van der Waals surface area contributed by atoms with Gasteiger partial charge in [0.25, 0.3) is 0 Å². The minimum atomic E-state index is -0.287. The molecule has 96 valence electrons. The summed E-state index contributed by atoms with van der Waals surface area (Å²) in [5.41, 5.74) is 1.91. The van der Waals surface area contributed by atoms with Crippen molar-refractivity contribution >= 4 is 6.29 Å². The minimum absolute atomic E-state index is 0.287. The Kier molecular flexibility index (Phi) is 9.30. The van der Waals surface area contributed by atoms with Crippen molar-refractivity contribution in [3.8, 4) is 0 Å². The van der Waals surface area contributed by atoms with Gasteiger partial charge in [-0.2, -0.15) is 0 Å². The van der Waals surface area contributed by atoms with Crippen molar-refractivity contribution in [3.05, 3.63) is 35.5 Å². The van der Waals surface area contributed by atoms with Crippen LogP contribution in [0.25, 0.3) is 0 Å². The van der Waals surface area contributed by atoms with E-state index in [0.29, 0.717) is 13.2 Å². The number of carbonyl (C=O) groups is 1. The van der Waals surface area contributed by atoms with Crippen molar-refractivity contribution in [3.63, 3.8) is 0 Å². The van der Waals surface area contributed by atoms with Crippen LogP contribution in [0.15, 0.2) is 35.5 Å². The Morgan fingerprint density at radius 2 is 1.71 bits per heavy atom. The summed E-state index contributed by atoms with van der Waals surface area (Å²) < 4.78 is 10.9. The maximum atomic E-state index is 10.2. The maximum absolute atomic E-state index is 10.2. The first kappa shape index (κ1) is 15.8. The Bertz CT molecular complexity index is 295. The molecule has 0 aromatic rings. The van der Waals surface area contributed by atoms with E-state index in [0.717, 1.165) is 17.4 Å². The number of hydrogen-bond donors (Lipinski definition) is 0. The number of hydrogen-bond acceptors (Lipinski definition) is 3. The Morgan fingerprint density at radius 1 is 1.12 bits per heavy atom. The molecule has 0 rings (SSSR count). The second kappa shape index (κ2) is 10.00. The zero-order chi connectivity index (χ0) is 13.1. The highest BCUT2D eigenvalue weighted by Gasteiger charge is 2.08. The van der Waals surface area contributed by atoms with Gasteiger partial charge in [-0.25, -0.2) is 0 Å². The van der Waals surface area contributed by atoms with Crippen LogP contribution in [0.1, 0.15) is 27.7 Å². The number of carbonyl (C=O) groups excluding carboxylic acids is 1. The minimum Gasteiger partial charge on any atom is -0.349 e. The van der Waals surface area contributed by atoms with Gasteiger partial charge in [0.1, 0.15) is 6.29 Å². The van der Waals surface area contributed by atoms with Crippen molar-refractivity contribution in [2.24, 2.45) is 0 Å². The number of allylic oxidation sites excluding steroid dienone is 5. The molecule has 0 N–H and O–H groups in total. The van der Waals surface area contributed by atoms with Gasteiger partial charge in [0, 0.05) is 13.2 Å². The lowest BCUT2D eigenvalue weighted by Crippen LogP contribution is -2.18. The summed E-state index contributed by atoms with van der Waals surface area (Å²) in [6, 6.07) is 0. The Hall–Kier alpha value is -1.19. The van der Waals surface area contributed by atoms with Crippen LogP contribution in [0.3, 0.4) is 0 Å². The fraction of sp³-hybridized carbons (Fsp3) is 0.500. The summed E-state index contributed by atoms with van der Waals surface area (Å²) in [5.74, 6) is 0. The largest absolute Gasteiger partial charge is 0.349 e. The fourth-order valence-corrected chi connectivity index (χ4v) is 1.21. The molecule has 3 heteroatoms. The van der Waals surface area contributed by atoms with Crippen LogP contribution >= 0.6 is 0 Å². The molecule has 0 unspecified atom stereocenters. The number of aldehydes is 1. The van der Waals surface area contributed by atoms with Crippen LogP contribution in [0, 0.1) is 0 Å². The number of ether oxygens (including phenoxy) is 2. The summed E-state index contributed by atoms with van der Waals surface area (Å²) in [6.45, 7) is 8.93. The molecule has 0 amide bonds. The summed E-state index contributed by atoms with van der Waals surface area (Å²) in [5, 5.41) is 0. The second-order valence-electron chi connectivity index (χ2n) is 3.56. The Morgan fingerprint density at radius 3 is 2.18 bits per heavy atom. The lowest BCUT2D eigenvalue weighted by atomic mass is 10.2. The highest BCUT2D eigenvalue weighted by Crippen LogP contribution is 2.08. The van der Waals surface area contributed by atoms with E-state index in [9.17, 15) is 4.79 Å². The normalized spacial score (nSPS) is 13.7. The van der Waals surface area contributed by atoms with E-state index in [1.54, 1.807) is 0 Å². The molecule has 0 saturated carbocycles. The second-order valence-corrected chi connectivity index (χ2v) is 3.56. The molecule has 0 aliphatic heterocycles. The third-order valence-electron chi connectivity index (χ3n) is 2.06. The van der Waals surface area contributed by atoms with Crippen LogP contribution in [-0.4, -0.2) is 25.8 Å². The lowest BCUT2D eigenvalue weighted by molar-refractivity contribution is -0.111. The quantitative estimate of drug-likeness (QED) is 0.282. The first-order valence-corrected chi connectivity index (χ1v) is 5.85. The monoisotopic (exact) mass is 238 g/mol. The summed E-state index contributed by atoms with van der Waals surface area (Å²) >= 11 is 0. The first-order chi connectivity index (χ1) is 8.15. The van der Waals surface area contributed by atoms with Crippen LogP contribution in [0.4, 0.5) is 0 Å². The molecule has 0 spiro atoms. The van der Waals surface area contributed by atoms with Crippen LogP contribution < -0.4 is 0 Å². The van der Waals surface area contributed by atoms with Gasteiger partial charge in [-0.05, 0) is 44.9 Å². The summed E-state index contributed by atoms with van der Waals surface area (Å²) in [4.78, 5) is 10.2.